The van der Waals surface area contributed by atoms with Crippen molar-refractivity contribution in [2.45, 2.75) is 31.9 Å². The molecule has 16 heavy (non-hydrogen) atoms. The molecule has 1 fully saturated rings. The molecule has 2 unspecified atom stereocenters. The van der Waals surface area contributed by atoms with E-state index in [-0.39, 0.29) is 22.6 Å². The van der Waals surface area contributed by atoms with Crippen LogP contribution in [0.5, 0.6) is 0 Å². The van der Waals surface area contributed by atoms with Crippen molar-refractivity contribution < 1.29 is 4.74 Å². The number of hydrogen-bond acceptors (Lipinski definition) is 5. The Labute approximate surface area is 104 Å². The number of rotatable bonds is 2. The molecule has 1 aliphatic heterocycles. The molecule has 88 valence electrons. The van der Waals surface area contributed by atoms with Crippen LogP contribution in [0.3, 0.4) is 0 Å². The third-order valence-corrected chi connectivity index (χ3v) is 2.86. The molecule has 1 aliphatic rings. The van der Waals surface area contributed by atoms with Crippen LogP contribution in [0.15, 0.2) is 0 Å². The molecule has 0 saturated carbocycles. The van der Waals surface area contributed by atoms with E-state index < -0.39 is 0 Å². The van der Waals surface area contributed by atoms with Crippen LogP contribution < -0.4 is 5.32 Å². The van der Waals surface area contributed by atoms with E-state index in [1.807, 2.05) is 6.92 Å². The second-order valence-corrected chi connectivity index (χ2v) is 4.46. The summed E-state index contributed by atoms with van der Waals surface area (Å²) in [4.78, 5) is 4.00. The Balaban J connectivity index is 2.05. The van der Waals surface area contributed by atoms with Crippen molar-refractivity contribution in [1.82, 2.24) is 15.2 Å². The van der Waals surface area contributed by atoms with Crippen molar-refractivity contribution in [1.29, 1.82) is 0 Å². The first-order chi connectivity index (χ1) is 7.65. The summed E-state index contributed by atoms with van der Waals surface area (Å²) in [7, 11) is 0. The van der Waals surface area contributed by atoms with Gasteiger partial charge in [0.05, 0.1) is 6.10 Å². The summed E-state index contributed by atoms with van der Waals surface area (Å²) >= 11 is 11.5. The maximum absolute atomic E-state index is 5.86. The summed E-state index contributed by atoms with van der Waals surface area (Å²) < 4.78 is 5.45. The molecule has 0 radical (unpaired) electrons. The highest BCUT2D eigenvalue weighted by Crippen LogP contribution is 2.22. The molecule has 0 bridgehead atoms. The zero-order valence-corrected chi connectivity index (χ0v) is 10.3. The molecule has 1 aromatic heterocycles. The van der Waals surface area contributed by atoms with Gasteiger partial charge in [-0.1, -0.05) is 11.6 Å². The minimum Gasteiger partial charge on any atom is -0.378 e. The van der Waals surface area contributed by atoms with Crippen molar-refractivity contribution in [3.63, 3.8) is 0 Å². The Kier molecular flexibility index (Phi) is 3.78. The first kappa shape index (κ1) is 11.8. The first-order valence-electron chi connectivity index (χ1n) is 5.09. The van der Waals surface area contributed by atoms with Crippen molar-refractivity contribution >= 4 is 29.0 Å². The van der Waals surface area contributed by atoms with Crippen molar-refractivity contribution in [3.8, 4) is 0 Å². The van der Waals surface area contributed by atoms with Crippen LogP contribution in [0.25, 0.3) is 0 Å². The van der Waals surface area contributed by atoms with E-state index in [0.717, 1.165) is 19.4 Å². The Morgan fingerprint density at radius 2 is 2.19 bits per heavy atom. The van der Waals surface area contributed by atoms with Gasteiger partial charge in [0.2, 0.25) is 5.28 Å². The van der Waals surface area contributed by atoms with E-state index in [2.05, 4.69) is 20.5 Å². The van der Waals surface area contributed by atoms with E-state index in [1.54, 1.807) is 0 Å². The summed E-state index contributed by atoms with van der Waals surface area (Å²) in [6, 6.07) is 0.286. The highest BCUT2D eigenvalue weighted by molar-refractivity contribution is 6.32. The molecular weight excluding hydrogens is 251 g/mol. The number of nitrogens with one attached hydrogen (secondary N) is 1. The zero-order valence-electron chi connectivity index (χ0n) is 8.78. The predicted molar refractivity (Wildman–Crippen MR) is 61.9 cm³/mol. The van der Waals surface area contributed by atoms with Crippen molar-refractivity contribution in [2.24, 2.45) is 0 Å². The van der Waals surface area contributed by atoms with Crippen LogP contribution in [-0.2, 0) is 4.74 Å². The fourth-order valence-electron chi connectivity index (χ4n) is 1.71. The van der Waals surface area contributed by atoms with Gasteiger partial charge in [-0.05, 0) is 31.4 Å². The van der Waals surface area contributed by atoms with Crippen LogP contribution in [0.4, 0.5) is 5.82 Å². The molecular formula is C9H12Cl2N4O. The van der Waals surface area contributed by atoms with E-state index in [4.69, 9.17) is 27.9 Å². The van der Waals surface area contributed by atoms with Gasteiger partial charge in [-0.25, -0.2) is 0 Å². The largest absolute Gasteiger partial charge is 0.378 e. The summed E-state index contributed by atoms with van der Waals surface area (Å²) in [5.41, 5.74) is 0. The molecule has 2 atom stereocenters. The van der Waals surface area contributed by atoms with Gasteiger partial charge in [0.1, 0.15) is 0 Å². The van der Waals surface area contributed by atoms with Gasteiger partial charge in [0.25, 0.3) is 0 Å². The van der Waals surface area contributed by atoms with Gasteiger partial charge in [-0.2, -0.15) is 4.98 Å². The summed E-state index contributed by atoms with van der Waals surface area (Å²) in [6.07, 6.45) is 2.08. The molecule has 1 N–H and O–H groups in total. The molecule has 0 spiro atoms. The highest BCUT2D eigenvalue weighted by Gasteiger charge is 2.20. The Morgan fingerprint density at radius 1 is 1.38 bits per heavy atom. The molecule has 2 heterocycles. The Morgan fingerprint density at radius 3 is 2.94 bits per heavy atom. The van der Waals surface area contributed by atoms with Crippen molar-refractivity contribution in [3.05, 3.63) is 10.4 Å². The lowest BCUT2D eigenvalue weighted by atomic mass is 10.0. The molecule has 0 aliphatic carbocycles. The molecule has 2 rings (SSSR count). The number of nitrogens with zero attached hydrogens (tertiary/aromatic N) is 3. The van der Waals surface area contributed by atoms with Crippen LogP contribution >= 0.6 is 23.2 Å². The average molecular weight is 263 g/mol. The minimum absolute atomic E-state index is 0.0898. The number of hydrogen-bond donors (Lipinski definition) is 1. The van der Waals surface area contributed by atoms with Gasteiger partial charge in [0.15, 0.2) is 11.0 Å². The Hall–Kier alpha value is -0.650. The second kappa shape index (κ2) is 5.12. The maximum Gasteiger partial charge on any atom is 0.245 e. The van der Waals surface area contributed by atoms with E-state index in [1.165, 1.54) is 0 Å². The van der Waals surface area contributed by atoms with E-state index in [0.29, 0.717) is 5.82 Å². The smallest absolute Gasteiger partial charge is 0.245 e. The summed E-state index contributed by atoms with van der Waals surface area (Å²) in [6.45, 7) is 2.78. The lowest BCUT2D eigenvalue weighted by molar-refractivity contribution is 0.0231. The average Bonchev–Trinajstić information content (AvgIpc) is 2.24. The summed E-state index contributed by atoms with van der Waals surface area (Å²) in [5.74, 6) is 0.487. The maximum atomic E-state index is 5.86. The van der Waals surface area contributed by atoms with Crippen LogP contribution in [0.1, 0.15) is 19.8 Å². The SMILES string of the molecule is CC1CC(Nc2nc(Cl)nnc2Cl)CCO1. The van der Waals surface area contributed by atoms with Crippen LogP contribution in [0.2, 0.25) is 10.4 Å². The third kappa shape index (κ3) is 2.93. The van der Waals surface area contributed by atoms with Gasteiger partial charge >= 0.3 is 0 Å². The fourth-order valence-corrected chi connectivity index (χ4v) is 1.96. The minimum atomic E-state index is 0.0898. The normalized spacial score (nSPS) is 25.4. The molecule has 0 aromatic carbocycles. The highest BCUT2D eigenvalue weighted by atomic mass is 35.5. The molecule has 7 heteroatoms. The Bertz CT molecular complexity index is 377. The molecule has 1 saturated heterocycles. The van der Waals surface area contributed by atoms with E-state index >= 15 is 0 Å². The van der Waals surface area contributed by atoms with Gasteiger partial charge in [0, 0.05) is 12.6 Å². The number of aromatic nitrogens is 3. The standard InChI is InChI=1S/C9H12Cl2N4O/c1-5-4-6(2-3-16-5)12-8-7(10)14-15-9(11)13-8/h5-6H,2-4H2,1H3,(H,12,13,15). The predicted octanol–water partition coefficient (Wildman–Crippen LogP) is 2.16. The lowest BCUT2D eigenvalue weighted by Gasteiger charge is -2.28. The molecule has 0 amide bonds. The topological polar surface area (TPSA) is 59.9 Å². The van der Waals surface area contributed by atoms with Gasteiger partial charge in [-0.15, -0.1) is 10.2 Å². The van der Waals surface area contributed by atoms with Gasteiger partial charge in [-0.3, -0.25) is 0 Å². The number of ether oxygens (including phenoxy) is 1. The number of anilines is 1. The van der Waals surface area contributed by atoms with Gasteiger partial charge < -0.3 is 10.1 Å². The van der Waals surface area contributed by atoms with Crippen LogP contribution in [0, 0.1) is 0 Å². The third-order valence-electron chi connectivity index (χ3n) is 2.45. The first-order valence-corrected chi connectivity index (χ1v) is 5.84. The van der Waals surface area contributed by atoms with Crippen molar-refractivity contribution in [2.75, 3.05) is 11.9 Å². The monoisotopic (exact) mass is 262 g/mol. The lowest BCUT2D eigenvalue weighted by Crippen LogP contribution is -2.33. The zero-order chi connectivity index (χ0) is 11.5. The van der Waals surface area contributed by atoms with E-state index in [9.17, 15) is 0 Å². The molecule has 1 aromatic rings. The summed E-state index contributed by atoms with van der Waals surface area (Å²) in [5, 5.41) is 10.8. The second-order valence-electron chi connectivity index (χ2n) is 3.77. The molecule has 5 nitrogen and oxygen atoms in total. The fraction of sp³-hybridized carbons (Fsp3) is 0.667. The quantitative estimate of drug-likeness (QED) is 0.885. The number of halogens is 2. The van der Waals surface area contributed by atoms with Crippen LogP contribution in [-0.4, -0.2) is 33.9 Å².